The highest BCUT2D eigenvalue weighted by atomic mass is 16.5. The molecule has 1 aromatic rings. The molecule has 3 aliphatic heterocycles. The Morgan fingerprint density at radius 3 is 2.46 bits per heavy atom. The van der Waals surface area contributed by atoms with Crippen molar-refractivity contribution < 1.29 is 9.53 Å². The van der Waals surface area contributed by atoms with Crippen LogP contribution in [-0.4, -0.2) is 104 Å². The highest BCUT2D eigenvalue weighted by molar-refractivity contribution is 5.94. The van der Waals surface area contributed by atoms with Crippen LogP contribution in [-0.2, 0) is 4.74 Å². The lowest BCUT2D eigenvalue weighted by atomic mass is 10.0. The molecule has 7 heteroatoms. The van der Waals surface area contributed by atoms with Crippen molar-refractivity contribution in [3.63, 3.8) is 0 Å². The standard InChI is InChI=1S/C21H33N5O2/c1-17-16-26(10-9-23(17)2)20-4-3-18(15-22-20)21(27)25-7-5-19(6-8-25)24-11-13-28-14-12-24/h3-4,15,17,19H,5-14,16H2,1-2H3/t17-/m1/s1. The van der Waals surface area contributed by atoms with Crippen LogP contribution in [0.1, 0.15) is 30.1 Å². The van der Waals surface area contributed by atoms with E-state index in [9.17, 15) is 4.79 Å². The van der Waals surface area contributed by atoms with Crippen molar-refractivity contribution in [2.75, 3.05) is 71.0 Å². The van der Waals surface area contributed by atoms with Gasteiger partial charge in [0.1, 0.15) is 5.82 Å². The normalized spacial score (nSPS) is 25.9. The van der Waals surface area contributed by atoms with Gasteiger partial charge in [-0.15, -0.1) is 0 Å². The monoisotopic (exact) mass is 387 g/mol. The number of piperazine rings is 1. The summed E-state index contributed by atoms with van der Waals surface area (Å²) in [5.41, 5.74) is 0.704. The zero-order chi connectivity index (χ0) is 19.5. The number of amides is 1. The molecule has 0 unspecified atom stereocenters. The van der Waals surface area contributed by atoms with Gasteiger partial charge in [-0.2, -0.15) is 0 Å². The minimum absolute atomic E-state index is 0.117. The fourth-order valence-electron chi connectivity index (χ4n) is 4.52. The summed E-state index contributed by atoms with van der Waals surface area (Å²) in [7, 11) is 2.17. The first-order valence-corrected chi connectivity index (χ1v) is 10.6. The topological polar surface area (TPSA) is 52.2 Å². The van der Waals surface area contributed by atoms with Gasteiger partial charge in [0.15, 0.2) is 0 Å². The Labute approximate surface area is 168 Å². The Morgan fingerprint density at radius 2 is 1.82 bits per heavy atom. The van der Waals surface area contributed by atoms with Crippen LogP contribution in [0.5, 0.6) is 0 Å². The summed E-state index contributed by atoms with van der Waals surface area (Å²) in [5.74, 6) is 1.09. The zero-order valence-electron chi connectivity index (χ0n) is 17.2. The molecule has 0 bridgehead atoms. The Hall–Kier alpha value is -1.70. The van der Waals surface area contributed by atoms with E-state index < -0.39 is 0 Å². The molecule has 0 radical (unpaired) electrons. The van der Waals surface area contributed by atoms with Crippen LogP contribution < -0.4 is 4.90 Å². The fraction of sp³-hybridized carbons (Fsp3) is 0.714. The lowest BCUT2D eigenvalue weighted by Gasteiger charge is -2.40. The average molecular weight is 388 g/mol. The van der Waals surface area contributed by atoms with E-state index in [0.29, 0.717) is 17.6 Å². The third-order valence-corrected chi connectivity index (χ3v) is 6.59. The molecule has 0 saturated carbocycles. The molecule has 154 valence electrons. The highest BCUT2D eigenvalue weighted by Gasteiger charge is 2.28. The maximum absolute atomic E-state index is 12.9. The van der Waals surface area contributed by atoms with Crippen LogP contribution >= 0.6 is 0 Å². The third-order valence-electron chi connectivity index (χ3n) is 6.59. The van der Waals surface area contributed by atoms with Gasteiger partial charge in [-0.25, -0.2) is 4.98 Å². The minimum Gasteiger partial charge on any atom is -0.379 e. The zero-order valence-corrected chi connectivity index (χ0v) is 17.2. The van der Waals surface area contributed by atoms with Gasteiger partial charge in [0.2, 0.25) is 0 Å². The molecule has 0 aliphatic carbocycles. The number of aromatic nitrogens is 1. The molecule has 0 N–H and O–H groups in total. The molecule has 1 aromatic heterocycles. The molecular weight excluding hydrogens is 354 g/mol. The molecule has 3 fully saturated rings. The van der Waals surface area contributed by atoms with Gasteiger partial charge in [-0.05, 0) is 38.9 Å². The van der Waals surface area contributed by atoms with Gasteiger partial charge in [0.25, 0.3) is 5.91 Å². The number of anilines is 1. The molecule has 3 saturated heterocycles. The van der Waals surface area contributed by atoms with Crippen LogP contribution in [0, 0.1) is 0 Å². The Morgan fingerprint density at radius 1 is 1.07 bits per heavy atom. The number of piperidine rings is 1. The summed E-state index contributed by atoms with van der Waals surface area (Å²) in [6.07, 6.45) is 3.86. The Balaban J connectivity index is 1.31. The van der Waals surface area contributed by atoms with Crippen molar-refractivity contribution in [2.45, 2.75) is 31.8 Å². The number of pyridine rings is 1. The predicted molar refractivity (Wildman–Crippen MR) is 110 cm³/mol. The summed E-state index contributed by atoms with van der Waals surface area (Å²) in [4.78, 5) is 26.7. The SMILES string of the molecule is C[C@@H]1CN(c2ccc(C(=O)N3CCC(N4CCOCC4)CC3)cn2)CCN1C. The minimum atomic E-state index is 0.117. The molecule has 0 spiro atoms. The summed E-state index contributed by atoms with van der Waals surface area (Å²) >= 11 is 0. The quantitative estimate of drug-likeness (QED) is 0.776. The molecule has 4 rings (SSSR count). The largest absolute Gasteiger partial charge is 0.379 e. The van der Waals surface area contributed by atoms with E-state index in [1.165, 1.54) is 0 Å². The van der Waals surface area contributed by atoms with E-state index in [0.717, 1.165) is 77.7 Å². The van der Waals surface area contributed by atoms with Gasteiger partial charge in [0, 0.05) is 64.1 Å². The third kappa shape index (κ3) is 4.31. The number of likely N-dealkylation sites (tertiary alicyclic amines) is 1. The number of rotatable bonds is 3. The van der Waals surface area contributed by atoms with Gasteiger partial charge in [-0.1, -0.05) is 0 Å². The number of carbonyl (C=O) groups is 1. The molecule has 28 heavy (non-hydrogen) atoms. The van der Waals surface area contributed by atoms with Gasteiger partial charge < -0.3 is 19.4 Å². The summed E-state index contributed by atoms with van der Waals surface area (Å²) < 4.78 is 5.45. The van der Waals surface area contributed by atoms with Gasteiger partial charge in [-0.3, -0.25) is 9.69 Å². The Bertz CT molecular complexity index is 653. The van der Waals surface area contributed by atoms with Gasteiger partial charge in [0.05, 0.1) is 18.8 Å². The maximum Gasteiger partial charge on any atom is 0.255 e. The van der Waals surface area contributed by atoms with Crippen LogP contribution in [0.3, 0.4) is 0 Å². The van der Waals surface area contributed by atoms with Crippen LogP contribution in [0.25, 0.3) is 0 Å². The van der Waals surface area contributed by atoms with Crippen LogP contribution in [0.15, 0.2) is 18.3 Å². The summed E-state index contributed by atoms with van der Waals surface area (Å²) in [6, 6.07) is 5.06. The van der Waals surface area contributed by atoms with E-state index in [-0.39, 0.29) is 5.91 Å². The van der Waals surface area contributed by atoms with Crippen LogP contribution in [0.2, 0.25) is 0 Å². The van der Waals surface area contributed by atoms with Crippen molar-refractivity contribution >= 4 is 11.7 Å². The number of carbonyl (C=O) groups excluding carboxylic acids is 1. The van der Waals surface area contributed by atoms with Gasteiger partial charge >= 0.3 is 0 Å². The second kappa shape index (κ2) is 8.76. The molecule has 0 aromatic carbocycles. The van der Waals surface area contributed by atoms with E-state index in [1.807, 2.05) is 17.0 Å². The first kappa shape index (κ1) is 19.6. The van der Waals surface area contributed by atoms with Crippen LogP contribution in [0.4, 0.5) is 5.82 Å². The lowest BCUT2D eigenvalue weighted by Crippen LogP contribution is -2.50. The second-order valence-corrected chi connectivity index (χ2v) is 8.35. The first-order chi connectivity index (χ1) is 13.6. The summed E-state index contributed by atoms with van der Waals surface area (Å²) in [5, 5.41) is 0. The van der Waals surface area contributed by atoms with Crippen molar-refractivity contribution in [1.29, 1.82) is 0 Å². The van der Waals surface area contributed by atoms with E-state index in [1.54, 1.807) is 6.20 Å². The van der Waals surface area contributed by atoms with E-state index in [2.05, 4.69) is 33.7 Å². The molecular formula is C21H33N5O2. The number of ether oxygens (including phenoxy) is 1. The van der Waals surface area contributed by atoms with Crippen molar-refractivity contribution in [2.24, 2.45) is 0 Å². The summed E-state index contributed by atoms with van der Waals surface area (Å²) in [6.45, 7) is 10.6. The number of likely N-dealkylation sites (N-methyl/N-ethyl adjacent to an activating group) is 1. The highest BCUT2D eigenvalue weighted by Crippen LogP contribution is 2.21. The number of hydrogen-bond acceptors (Lipinski definition) is 6. The predicted octanol–water partition coefficient (Wildman–Crippen LogP) is 1.16. The lowest BCUT2D eigenvalue weighted by molar-refractivity contribution is 0.00158. The van der Waals surface area contributed by atoms with E-state index >= 15 is 0 Å². The molecule has 4 heterocycles. The molecule has 3 aliphatic rings. The maximum atomic E-state index is 12.9. The fourth-order valence-corrected chi connectivity index (χ4v) is 4.52. The molecule has 7 nitrogen and oxygen atoms in total. The number of morpholine rings is 1. The van der Waals surface area contributed by atoms with Crippen molar-refractivity contribution in [1.82, 2.24) is 19.7 Å². The number of hydrogen-bond donors (Lipinski definition) is 0. The Kier molecular flexibility index (Phi) is 6.13. The van der Waals surface area contributed by atoms with Crippen molar-refractivity contribution in [3.05, 3.63) is 23.9 Å². The van der Waals surface area contributed by atoms with E-state index in [4.69, 9.17) is 4.74 Å². The molecule has 1 amide bonds. The van der Waals surface area contributed by atoms with Crippen molar-refractivity contribution in [3.8, 4) is 0 Å². The average Bonchev–Trinajstić information content (AvgIpc) is 2.76. The first-order valence-electron chi connectivity index (χ1n) is 10.6. The molecule has 1 atom stereocenters. The second-order valence-electron chi connectivity index (χ2n) is 8.35. The number of nitrogens with zero attached hydrogens (tertiary/aromatic N) is 5. The smallest absolute Gasteiger partial charge is 0.255 e.